The molecule has 6 heteroatoms. The van der Waals surface area contributed by atoms with E-state index in [1.165, 1.54) is 0 Å². The highest BCUT2D eigenvalue weighted by Gasteiger charge is 1.90. The van der Waals surface area contributed by atoms with Gasteiger partial charge in [0.05, 0.1) is 12.3 Å². The van der Waals surface area contributed by atoms with Gasteiger partial charge in [-0.3, -0.25) is 5.43 Å². The molecule has 0 bridgehead atoms. The molecule has 84 valence electrons. The van der Waals surface area contributed by atoms with Crippen LogP contribution in [0.15, 0.2) is 35.3 Å². The molecule has 0 aromatic heterocycles. The Morgan fingerprint density at radius 1 is 1.33 bits per heavy atom. The topological polar surface area (TPSA) is 82.7 Å². The van der Waals surface area contributed by atoms with Crippen molar-refractivity contribution < 1.29 is 5.11 Å². The summed E-state index contributed by atoms with van der Waals surface area (Å²) in [5.41, 5.74) is 11.7. The van der Waals surface area contributed by atoms with E-state index in [4.69, 9.17) is 10.8 Å². The maximum atomic E-state index is 8.49. The van der Waals surface area contributed by atoms with Crippen LogP contribution in [0.5, 0.6) is 0 Å². The molecule has 1 aromatic carbocycles. The van der Waals surface area contributed by atoms with E-state index in [2.05, 4.69) is 15.8 Å². The summed E-state index contributed by atoms with van der Waals surface area (Å²) in [7, 11) is 0. The minimum Gasteiger partial charge on any atom is -0.395 e. The molecule has 0 saturated heterocycles. The quantitative estimate of drug-likeness (QED) is 0.257. The second kappa shape index (κ2) is 8.05. The van der Waals surface area contributed by atoms with Crippen molar-refractivity contribution in [3.05, 3.63) is 30.3 Å². The number of aliphatic hydroxyl groups excluding tert-OH is 1. The summed E-state index contributed by atoms with van der Waals surface area (Å²) >= 11 is 0. The number of nitrogens with two attached hydrogens (primary N) is 1. The summed E-state index contributed by atoms with van der Waals surface area (Å²) in [4.78, 5) is 4.07. The monoisotopic (exact) mass is 230 g/mol. The fraction of sp³-hybridized carbons (Fsp3) is 0.222. The smallest absolute Gasteiger partial charge is 0.208 e. The highest BCUT2D eigenvalue weighted by atomic mass is 35.5. The second-order valence-electron chi connectivity index (χ2n) is 2.61. The third-order valence-corrected chi connectivity index (χ3v) is 1.46. The third kappa shape index (κ3) is 5.90. The van der Waals surface area contributed by atoms with Crippen LogP contribution in [0.25, 0.3) is 0 Å². The number of para-hydroxylation sites is 1. The van der Waals surface area contributed by atoms with Crippen molar-refractivity contribution in [3.63, 3.8) is 0 Å². The van der Waals surface area contributed by atoms with Crippen molar-refractivity contribution in [1.29, 1.82) is 0 Å². The van der Waals surface area contributed by atoms with Crippen molar-refractivity contribution in [2.24, 2.45) is 10.7 Å². The zero-order chi connectivity index (χ0) is 10.2. The van der Waals surface area contributed by atoms with E-state index in [1.807, 2.05) is 30.3 Å². The number of nitrogens with zero attached hydrogens (tertiary/aromatic N) is 1. The Bertz CT molecular complexity index is 291. The molecule has 1 rings (SSSR count). The molecule has 0 aliphatic rings. The SMILES string of the molecule is Cl.NC(=Nc1ccccc1)NNCCO. The number of hydrogen-bond donors (Lipinski definition) is 4. The number of hydrazine groups is 1. The van der Waals surface area contributed by atoms with Crippen molar-refractivity contribution >= 4 is 24.1 Å². The normalized spacial score (nSPS) is 10.6. The van der Waals surface area contributed by atoms with Crippen LogP contribution in [0.1, 0.15) is 0 Å². The molecule has 0 amide bonds. The first-order chi connectivity index (χ1) is 6.83. The van der Waals surface area contributed by atoms with E-state index < -0.39 is 0 Å². The van der Waals surface area contributed by atoms with Crippen molar-refractivity contribution in [2.75, 3.05) is 13.2 Å². The summed E-state index contributed by atoms with van der Waals surface area (Å²) in [5.74, 6) is 0.268. The molecule has 0 aliphatic carbocycles. The van der Waals surface area contributed by atoms with E-state index in [1.54, 1.807) is 0 Å². The first-order valence-electron chi connectivity index (χ1n) is 4.32. The van der Waals surface area contributed by atoms with Gasteiger partial charge in [-0.1, -0.05) is 18.2 Å². The molecule has 0 saturated carbocycles. The molecular weight excluding hydrogens is 216 g/mol. The lowest BCUT2D eigenvalue weighted by Crippen LogP contribution is -2.43. The molecule has 0 spiro atoms. The van der Waals surface area contributed by atoms with E-state index >= 15 is 0 Å². The van der Waals surface area contributed by atoms with E-state index in [-0.39, 0.29) is 25.0 Å². The molecule has 5 N–H and O–H groups in total. The highest BCUT2D eigenvalue weighted by Crippen LogP contribution is 2.08. The van der Waals surface area contributed by atoms with Gasteiger partial charge in [-0.2, -0.15) is 0 Å². The average molecular weight is 231 g/mol. The van der Waals surface area contributed by atoms with Crippen LogP contribution >= 0.6 is 12.4 Å². The lowest BCUT2D eigenvalue weighted by Gasteiger charge is -2.05. The lowest BCUT2D eigenvalue weighted by molar-refractivity contribution is 0.289. The van der Waals surface area contributed by atoms with Gasteiger partial charge in [0, 0.05) is 6.54 Å². The summed E-state index contributed by atoms with van der Waals surface area (Å²) in [6, 6.07) is 9.37. The van der Waals surface area contributed by atoms with Crippen LogP contribution < -0.4 is 16.6 Å². The second-order valence-corrected chi connectivity index (χ2v) is 2.61. The van der Waals surface area contributed by atoms with Crippen LogP contribution in [-0.2, 0) is 0 Å². The molecule has 0 unspecified atom stereocenters. The number of hydrogen-bond acceptors (Lipinski definition) is 3. The standard InChI is InChI=1S/C9H14N4O.ClH/c10-9(13-11-6-7-14)12-8-4-2-1-3-5-8;/h1-5,11,14H,6-7H2,(H3,10,12,13);1H. The molecule has 0 fully saturated rings. The van der Waals surface area contributed by atoms with Crippen LogP contribution in [-0.4, -0.2) is 24.2 Å². The fourth-order valence-corrected chi connectivity index (χ4v) is 0.879. The van der Waals surface area contributed by atoms with Crippen LogP contribution in [0.3, 0.4) is 0 Å². The Kier molecular flexibility index (Phi) is 7.35. The molecule has 15 heavy (non-hydrogen) atoms. The van der Waals surface area contributed by atoms with Gasteiger partial charge in [-0.25, -0.2) is 10.4 Å². The van der Waals surface area contributed by atoms with Crippen molar-refractivity contribution in [1.82, 2.24) is 10.9 Å². The number of rotatable bonds is 4. The minimum atomic E-state index is 0. The maximum Gasteiger partial charge on any atom is 0.208 e. The fourth-order valence-electron chi connectivity index (χ4n) is 0.879. The summed E-state index contributed by atoms with van der Waals surface area (Å²) in [6.07, 6.45) is 0. The van der Waals surface area contributed by atoms with Crippen molar-refractivity contribution in [2.45, 2.75) is 0 Å². The number of nitrogens with one attached hydrogen (secondary N) is 2. The van der Waals surface area contributed by atoms with Crippen molar-refractivity contribution in [3.8, 4) is 0 Å². The predicted molar refractivity (Wildman–Crippen MR) is 63.2 cm³/mol. The Balaban J connectivity index is 0.00000196. The number of aliphatic imine (C=N–C) groups is 1. The molecule has 5 nitrogen and oxygen atoms in total. The molecular formula is C9H15ClN4O. The van der Waals surface area contributed by atoms with Gasteiger partial charge in [-0.05, 0) is 12.1 Å². The first-order valence-corrected chi connectivity index (χ1v) is 4.32. The van der Waals surface area contributed by atoms with Gasteiger partial charge in [-0.15, -0.1) is 12.4 Å². The number of guanidine groups is 1. The van der Waals surface area contributed by atoms with E-state index in [0.29, 0.717) is 6.54 Å². The third-order valence-electron chi connectivity index (χ3n) is 1.46. The van der Waals surface area contributed by atoms with Gasteiger partial charge in [0.2, 0.25) is 5.96 Å². The number of aliphatic hydroxyl groups is 1. The highest BCUT2D eigenvalue weighted by molar-refractivity contribution is 5.85. The average Bonchev–Trinajstić information content (AvgIpc) is 2.20. The molecule has 0 heterocycles. The van der Waals surface area contributed by atoms with Gasteiger partial charge in [0.15, 0.2) is 0 Å². The molecule has 0 atom stereocenters. The van der Waals surface area contributed by atoms with Crippen LogP contribution in [0.4, 0.5) is 5.69 Å². The lowest BCUT2D eigenvalue weighted by atomic mass is 10.3. The number of halogens is 1. The first kappa shape index (κ1) is 13.7. The maximum absolute atomic E-state index is 8.49. The Morgan fingerprint density at radius 2 is 2.00 bits per heavy atom. The summed E-state index contributed by atoms with van der Waals surface area (Å²) in [6.45, 7) is 0.469. The molecule has 1 aromatic rings. The van der Waals surface area contributed by atoms with Crippen LogP contribution in [0.2, 0.25) is 0 Å². The minimum absolute atomic E-state index is 0. The Labute approximate surface area is 94.8 Å². The Hall–Kier alpha value is -1.30. The zero-order valence-corrected chi connectivity index (χ0v) is 9.00. The van der Waals surface area contributed by atoms with Gasteiger partial charge in [0.25, 0.3) is 0 Å². The summed E-state index contributed by atoms with van der Waals surface area (Å²) in [5, 5.41) is 8.49. The molecule has 0 aliphatic heterocycles. The van der Waals surface area contributed by atoms with E-state index in [9.17, 15) is 0 Å². The zero-order valence-electron chi connectivity index (χ0n) is 8.18. The summed E-state index contributed by atoms with van der Waals surface area (Å²) < 4.78 is 0. The van der Waals surface area contributed by atoms with Gasteiger partial charge < -0.3 is 10.8 Å². The van der Waals surface area contributed by atoms with Gasteiger partial charge in [0.1, 0.15) is 0 Å². The predicted octanol–water partition coefficient (Wildman–Crippen LogP) is 0.141. The van der Waals surface area contributed by atoms with Crippen LogP contribution in [0, 0.1) is 0 Å². The largest absolute Gasteiger partial charge is 0.395 e. The van der Waals surface area contributed by atoms with Gasteiger partial charge >= 0.3 is 0 Å². The molecule has 0 radical (unpaired) electrons. The van der Waals surface area contributed by atoms with E-state index in [0.717, 1.165) is 5.69 Å². The Morgan fingerprint density at radius 3 is 2.60 bits per heavy atom. The number of benzene rings is 1.